The Bertz CT molecular complexity index is 1340. The van der Waals surface area contributed by atoms with Crippen LogP contribution in [0, 0.1) is 0 Å². The van der Waals surface area contributed by atoms with Gasteiger partial charge in [-0.2, -0.15) is 0 Å². The van der Waals surface area contributed by atoms with Gasteiger partial charge in [0.2, 0.25) is 0 Å². The first kappa shape index (κ1) is 26.8. The summed E-state index contributed by atoms with van der Waals surface area (Å²) in [5.41, 5.74) is 2.03. The number of ether oxygens (including phenoxy) is 3. The maximum atomic E-state index is 13.3. The van der Waals surface area contributed by atoms with E-state index in [9.17, 15) is 14.7 Å². The zero-order valence-corrected chi connectivity index (χ0v) is 22.0. The number of rotatable bonds is 10. The van der Waals surface area contributed by atoms with Crippen LogP contribution in [0.3, 0.4) is 0 Å². The molecule has 1 heterocycles. The minimum Gasteiger partial charge on any atom is -0.507 e. The second-order valence-corrected chi connectivity index (χ2v) is 9.21. The van der Waals surface area contributed by atoms with E-state index in [1.54, 1.807) is 42.5 Å². The fourth-order valence-electron chi connectivity index (χ4n) is 4.40. The number of carbonyl (C=O) groups is 2. The fraction of sp³-hybridized carbons (Fsp3) is 0.267. The SMILES string of the molecule is COc1cccc(C(O)=C2C(=O)C(=O)N(CCN(C)C)[C@@H]2c2ccc(OCc3ccccc3)c(OC)c2)c1. The van der Waals surface area contributed by atoms with Gasteiger partial charge in [0.05, 0.1) is 25.8 Å². The number of nitrogens with zero attached hydrogens (tertiary/aromatic N) is 2. The van der Waals surface area contributed by atoms with Crippen molar-refractivity contribution in [3.8, 4) is 17.2 Å². The summed E-state index contributed by atoms with van der Waals surface area (Å²) in [6, 6.07) is 21.0. The Morgan fingerprint density at radius 1 is 0.921 bits per heavy atom. The van der Waals surface area contributed by atoms with Crippen LogP contribution in [0.5, 0.6) is 17.2 Å². The predicted octanol–water partition coefficient (Wildman–Crippen LogP) is 4.27. The summed E-state index contributed by atoms with van der Waals surface area (Å²) in [7, 11) is 6.84. The number of Topliss-reactive ketones (excluding diaryl/α,β-unsaturated/α-hetero) is 1. The molecule has 1 atom stereocenters. The molecule has 1 aliphatic heterocycles. The van der Waals surface area contributed by atoms with E-state index in [0.29, 0.717) is 48.1 Å². The molecule has 38 heavy (non-hydrogen) atoms. The molecule has 3 aromatic rings. The lowest BCUT2D eigenvalue weighted by atomic mass is 9.95. The monoisotopic (exact) mass is 516 g/mol. The summed E-state index contributed by atoms with van der Waals surface area (Å²) in [6.07, 6.45) is 0. The van der Waals surface area contributed by atoms with Crippen LogP contribution in [-0.4, -0.2) is 68.0 Å². The van der Waals surface area contributed by atoms with Crippen molar-refractivity contribution in [1.82, 2.24) is 9.80 Å². The molecule has 0 aliphatic carbocycles. The number of hydrogen-bond acceptors (Lipinski definition) is 7. The summed E-state index contributed by atoms with van der Waals surface area (Å²) in [6.45, 7) is 1.19. The van der Waals surface area contributed by atoms with Gasteiger partial charge in [0.25, 0.3) is 11.7 Å². The molecule has 4 rings (SSSR count). The van der Waals surface area contributed by atoms with Crippen molar-refractivity contribution in [2.24, 2.45) is 0 Å². The standard InChI is InChI=1S/C30H32N2O6/c1-31(2)15-16-32-27(26(29(34)30(32)35)28(33)22-11-8-12-23(17-22)36-3)21-13-14-24(25(18-21)37-4)38-19-20-9-6-5-7-10-20/h5-14,17-18,27,33H,15-16,19H2,1-4H3/t27-/m1/s1. The van der Waals surface area contributed by atoms with Gasteiger partial charge in [0, 0.05) is 18.7 Å². The first-order valence-electron chi connectivity index (χ1n) is 12.3. The summed E-state index contributed by atoms with van der Waals surface area (Å²) in [4.78, 5) is 29.9. The second kappa shape index (κ2) is 11.8. The lowest BCUT2D eigenvalue weighted by Crippen LogP contribution is -2.35. The molecule has 3 aromatic carbocycles. The molecule has 1 amide bonds. The maximum absolute atomic E-state index is 13.3. The highest BCUT2D eigenvalue weighted by atomic mass is 16.5. The Hall–Kier alpha value is -4.30. The minimum atomic E-state index is -0.807. The van der Waals surface area contributed by atoms with Crippen LogP contribution in [0.2, 0.25) is 0 Å². The van der Waals surface area contributed by atoms with E-state index in [4.69, 9.17) is 14.2 Å². The number of amides is 1. The largest absolute Gasteiger partial charge is 0.507 e. The third-order valence-electron chi connectivity index (χ3n) is 6.41. The maximum Gasteiger partial charge on any atom is 0.295 e. The molecule has 1 aliphatic rings. The first-order valence-corrected chi connectivity index (χ1v) is 12.3. The van der Waals surface area contributed by atoms with Gasteiger partial charge in [0.15, 0.2) is 11.5 Å². The zero-order chi connectivity index (χ0) is 27.2. The van der Waals surface area contributed by atoms with Crippen molar-refractivity contribution in [3.63, 3.8) is 0 Å². The number of aliphatic hydroxyl groups is 1. The number of ketones is 1. The highest BCUT2D eigenvalue weighted by Crippen LogP contribution is 2.42. The molecule has 8 heteroatoms. The van der Waals surface area contributed by atoms with Gasteiger partial charge in [0.1, 0.15) is 18.1 Å². The Balaban J connectivity index is 1.76. The average molecular weight is 517 g/mol. The summed E-state index contributed by atoms with van der Waals surface area (Å²) in [5, 5.41) is 11.3. The van der Waals surface area contributed by atoms with E-state index in [2.05, 4.69) is 0 Å². The molecule has 0 unspecified atom stereocenters. The van der Waals surface area contributed by atoms with E-state index in [1.165, 1.54) is 19.1 Å². The Morgan fingerprint density at radius 3 is 2.37 bits per heavy atom. The summed E-state index contributed by atoms with van der Waals surface area (Å²) >= 11 is 0. The van der Waals surface area contributed by atoms with Crippen molar-refractivity contribution in [3.05, 3.63) is 95.1 Å². The summed E-state index contributed by atoms with van der Waals surface area (Å²) in [5.74, 6) is -0.157. The molecular weight excluding hydrogens is 484 g/mol. The molecule has 1 saturated heterocycles. The van der Waals surface area contributed by atoms with Crippen molar-refractivity contribution in [2.75, 3.05) is 41.4 Å². The van der Waals surface area contributed by atoms with Crippen LogP contribution in [-0.2, 0) is 16.2 Å². The van der Waals surface area contributed by atoms with Crippen LogP contribution in [0.1, 0.15) is 22.7 Å². The molecule has 0 aromatic heterocycles. The van der Waals surface area contributed by atoms with Gasteiger partial charge < -0.3 is 29.1 Å². The van der Waals surface area contributed by atoms with Crippen LogP contribution in [0.25, 0.3) is 5.76 Å². The second-order valence-electron chi connectivity index (χ2n) is 9.21. The van der Waals surface area contributed by atoms with Crippen molar-refractivity contribution in [1.29, 1.82) is 0 Å². The van der Waals surface area contributed by atoms with Gasteiger partial charge in [-0.25, -0.2) is 0 Å². The van der Waals surface area contributed by atoms with Gasteiger partial charge in [-0.3, -0.25) is 9.59 Å². The molecule has 198 valence electrons. The van der Waals surface area contributed by atoms with Crippen LogP contribution < -0.4 is 14.2 Å². The number of hydrogen-bond donors (Lipinski definition) is 1. The Labute approximate surface area is 222 Å². The van der Waals surface area contributed by atoms with Gasteiger partial charge in [-0.05, 0) is 49.5 Å². The van der Waals surface area contributed by atoms with Gasteiger partial charge in [-0.15, -0.1) is 0 Å². The topological polar surface area (TPSA) is 88.5 Å². The number of benzene rings is 3. The minimum absolute atomic E-state index is 0.0158. The van der Waals surface area contributed by atoms with Crippen LogP contribution in [0.4, 0.5) is 0 Å². The average Bonchev–Trinajstić information content (AvgIpc) is 3.20. The number of carbonyl (C=O) groups excluding carboxylic acids is 2. The molecule has 1 N–H and O–H groups in total. The van der Waals surface area contributed by atoms with E-state index < -0.39 is 17.7 Å². The van der Waals surface area contributed by atoms with Crippen molar-refractivity contribution in [2.45, 2.75) is 12.6 Å². The third kappa shape index (κ3) is 5.65. The Morgan fingerprint density at radius 2 is 1.68 bits per heavy atom. The quantitative estimate of drug-likeness (QED) is 0.245. The van der Waals surface area contributed by atoms with Crippen LogP contribution in [0.15, 0.2) is 78.4 Å². The number of aliphatic hydroxyl groups excluding tert-OH is 1. The molecule has 1 fully saturated rings. The highest BCUT2D eigenvalue weighted by Gasteiger charge is 2.46. The van der Waals surface area contributed by atoms with E-state index >= 15 is 0 Å². The first-order chi connectivity index (χ1) is 18.3. The number of methoxy groups -OCH3 is 2. The fourth-order valence-corrected chi connectivity index (χ4v) is 4.40. The number of likely N-dealkylation sites (N-methyl/N-ethyl adjacent to an activating group) is 1. The van der Waals surface area contributed by atoms with Gasteiger partial charge >= 0.3 is 0 Å². The smallest absolute Gasteiger partial charge is 0.295 e. The van der Waals surface area contributed by atoms with E-state index in [0.717, 1.165) is 5.56 Å². The zero-order valence-electron chi connectivity index (χ0n) is 22.0. The third-order valence-corrected chi connectivity index (χ3v) is 6.41. The molecule has 0 bridgehead atoms. The molecular formula is C30H32N2O6. The normalized spacial score (nSPS) is 16.7. The Kier molecular flexibility index (Phi) is 8.33. The lowest BCUT2D eigenvalue weighted by Gasteiger charge is -2.27. The molecule has 0 saturated carbocycles. The van der Waals surface area contributed by atoms with Crippen molar-refractivity contribution < 1.29 is 28.9 Å². The molecule has 8 nitrogen and oxygen atoms in total. The molecule has 0 radical (unpaired) electrons. The van der Waals surface area contributed by atoms with Crippen LogP contribution >= 0.6 is 0 Å². The van der Waals surface area contributed by atoms with Gasteiger partial charge in [-0.1, -0.05) is 48.5 Å². The number of likely N-dealkylation sites (tertiary alicyclic amines) is 1. The molecule has 0 spiro atoms. The predicted molar refractivity (Wildman–Crippen MR) is 144 cm³/mol. The summed E-state index contributed by atoms with van der Waals surface area (Å²) < 4.78 is 16.9. The van der Waals surface area contributed by atoms with Crippen molar-refractivity contribution >= 4 is 17.4 Å². The lowest BCUT2D eigenvalue weighted by molar-refractivity contribution is -0.140. The van der Waals surface area contributed by atoms with E-state index in [1.807, 2.05) is 49.3 Å². The van der Waals surface area contributed by atoms with E-state index in [-0.39, 0.29) is 11.3 Å². The highest BCUT2D eigenvalue weighted by molar-refractivity contribution is 6.46.